The van der Waals surface area contributed by atoms with E-state index in [4.69, 9.17) is 0 Å². The number of aromatic nitrogens is 2. The molecular formula is C19H18N4O2S. The van der Waals surface area contributed by atoms with Crippen molar-refractivity contribution in [1.29, 1.82) is 0 Å². The molecule has 3 rings (SSSR count). The molecule has 0 unspecified atom stereocenters. The van der Waals surface area contributed by atoms with Crippen LogP contribution in [0.15, 0.2) is 77.0 Å². The lowest BCUT2D eigenvalue weighted by Crippen LogP contribution is -2.34. The standard InChI is InChI=1S/C19H18N4O2S/c1-23-12-11-20-19(23)26-16-9-7-15(8-10-16)22-18(25)17(24)21-13-14-5-3-2-4-6-14/h2-12H,13H2,1H3,(H,21,24)(H,22,25). The number of benzene rings is 2. The molecule has 0 radical (unpaired) electrons. The highest BCUT2D eigenvalue weighted by Crippen LogP contribution is 2.26. The lowest BCUT2D eigenvalue weighted by atomic mass is 10.2. The summed E-state index contributed by atoms with van der Waals surface area (Å²) >= 11 is 1.52. The van der Waals surface area contributed by atoms with Crippen LogP contribution in [0.1, 0.15) is 5.56 Å². The summed E-state index contributed by atoms with van der Waals surface area (Å²) in [4.78, 5) is 29.1. The average molecular weight is 366 g/mol. The average Bonchev–Trinajstić information content (AvgIpc) is 3.06. The van der Waals surface area contributed by atoms with Crippen LogP contribution in [0.3, 0.4) is 0 Å². The fraction of sp³-hybridized carbons (Fsp3) is 0.105. The summed E-state index contributed by atoms with van der Waals surface area (Å²) in [6.07, 6.45) is 3.62. The van der Waals surface area contributed by atoms with Crippen molar-refractivity contribution in [1.82, 2.24) is 14.9 Å². The number of carbonyl (C=O) groups is 2. The molecule has 3 aromatic rings. The lowest BCUT2D eigenvalue weighted by molar-refractivity contribution is -0.136. The van der Waals surface area contributed by atoms with Crippen LogP contribution < -0.4 is 10.6 Å². The Hall–Kier alpha value is -3.06. The van der Waals surface area contributed by atoms with Gasteiger partial charge in [-0.25, -0.2) is 4.98 Å². The van der Waals surface area contributed by atoms with Crippen molar-refractivity contribution in [3.63, 3.8) is 0 Å². The smallest absolute Gasteiger partial charge is 0.313 e. The van der Waals surface area contributed by atoms with Crippen molar-refractivity contribution in [2.45, 2.75) is 16.6 Å². The quantitative estimate of drug-likeness (QED) is 0.681. The second-order valence-electron chi connectivity index (χ2n) is 5.57. The second-order valence-corrected chi connectivity index (χ2v) is 6.61. The molecule has 0 aliphatic carbocycles. The predicted molar refractivity (Wildman–Crippen MR) is 101 cm³/mol. The van der Waals surface area contributed by atoms with Crippen LogP contribution in [0.5, 0.6) is 0 Å². The van der Waals surface area contributed by atoms with Gasteiger partial charge in [-0.05, 0) is 29.8 Å². The second kappa shape index (κ2) is 8.35. The summed E-state index contributed by atoms with van der Waals surface area (Å²) in [6.45, 7) is 0.312. The molecule has 2 aromatic carbocycles. The highest BCUT2D eigenvalue weighted by Gasteiger charge is 2.13. The molecule has 6 nitrogen and oxygen atoms in total. The zero-order valence-corrected chi connectivity index (χ0v) is 15.0. The number of hydrogen-bond acceptors (Lipinski definition) is 4. The Labute approximate surface area is 155 Å². The Morgan fingerprint density at radius 2 is 1.77 bits per heavy atom. The van der Waals surface area contributed by atoms with Crippen molar-refractivity contribution in [2.75, 3.05) is 5.32 Å². The molecule has 0 atom stereocenters. The van der Waals surface area contributed by atoms with Crippen molar-refractivity contribution < 1.29 is 9.59 Å². The first-order chi connectivity index (χ1) is 12.6. The number of nitrogens with zero attached hydrogens (tertiary/aromatic N) is 2. The molecule has 2 amide bonds. The predicted octanol–water partition coefficient (Wildman–Crippen LogP) is 2.83. The fourth-order valence-electron chi connectivity index (χ4n) is 2.21. The number of aryl methyl sites for hydroxylation is 1. The van der Waals surface area contributed by atoms with Crippen LogP contribution in [0.25, 0.3) is 0 Å². The van der Waals surface area contributed by atoms with Crippen LogP contribution in [0.2, 0.25) is 0 Å². The molecule has 1 aromatic heterocycles. The number of carbonyl (C=O) groups excluding carboxylic acids is 2. The number of imidazole rings is 1. The molecule has 1 heterocycles. The summed E-state index contributed by atoms with van der Waals surface area (Å²) in [6, 6.07) is 16.7. The Morgan fingerprint density at radius 1 is 1.04 bits per heavy atom. The highest BCUT2D eigenvalue weighted by molar-refractivity contribution is 7.99. The first-order valence-electron chi connectivity index (χ1n) is 8.00. The maximum absolute atomic E-state index is 12.0. The number of rotatable bonds is 5. The lowest BCUT2D eigenvalue weighted by Gasteiger charge is -2.07. The van der Waals surface area contributed by atoms with Gasteiger partial charge in [-0.2, -0.15) is 0 Å². The van der Waals surface area contributed by atoms with E-state index >= 15 is 0 Å². The Balaban J connectivity index is 1.52. The first-order valence-corrected chi connectivity index (χ1v) is 8.82. The normalized spacial score (nSPS) is 10.3. The van der Waals surface area contributed by atoms with Crippen molar-refractivity contribution >= 4 is 29.3 Å². The number of nitrogens with one attached hydrogen (secondary N) is 2. The van der Waals surface area contributed by atoms with Crippen LogP contribution >= 0.6 is 11.8 Å². The van der Waals surface area contributed by atoms with E-state index in [-0.39, 0.29) is 0 Å². The van der Waals surface area contributed by atoms with Gasteiger partial charge < -0.3 is 15.2 Å². The van der Waals surface area contributed by atoms with E-state index in [0.29, 0.717) is 12.2 Å². The van der Waals surface area contributed by atoms with E-state index in [0.717, 1.165) is 15.6 Å². The van der Waals surface area contributed by atoms with E-state index in [1.807, 2.05) is 60.3 Å². The van der Waals surface area contributed by atoms with Gasteiger partial charge in [0.2, 0.25) is 0 Å². The van der Waals surface area contributed by atoms with Crippen LogP contribution in [0.4, 0.5) is 5.69 Å². The third-order valence-electron chi connectivity index (χ3n) is 3.60. The summed E-state index contributed by atoms with van der Waals surface area (Å²) < 4.78 is 1.93. The van der Waals surface area contributed by atoms with Gasteiger partial charge in [0.1, 0.15) is 0 Å². The molecule has 0 saturated heterocycles. The van der Waals surface area contributed by atoms with Gasteiger partial charge in [0.05, 0.1) is 0 Å². The molecule has 0 aliphatic rings. The molecule has 132 valence electrons. The molecule has 0 spiro atoms. The molecule has 2 N–H and O–H groups in total. The third kappa shape index (κ3) is 4.73. The Morgan fingerprint density at radius 3 is 2.42 bits per heavy atom. The summed E-state index contributed by atoms with van der Waals surface area (Å²) in [5.41, 5.74) is 1.50. The number of anilines is 1. The molecule has 0 fully saturated rings. The van der Waals surface area contributed by atoms with Crippen molar-refractivity contribution in [3.05, 3.63) is 72.6 Å². The first kappa shape index (κ1) is 17.8. The summed E-state index contributed by atoms with van der Waals surface area (Å²) in [5.74, 6) is -1.36. The highest BCUT2D eigenvalue weighted by atomic mass is 32.2. The molecule has 26 heavy (non-hydrogen) atoms. The van der Waals surface area contributed by atoms with E-state index in [9.17, 15) is 9.59 Å². The van der Waals surface area contributed by atoms with Gasteiger partial charge in [-0.3, -0.25) is 9.59 Å². The van der Waals surface area contributed by atoms with Gasteiger partial charge in [-0.1, -0.05) is 42.1 Å². The van der Waals surface area contributed by atoms with Gasteiger partial charge in [0.15, 0.2) is 5.16 Å². The maximum atomic E-state index is 12.0. The minimum absolute atomic E-state index is 0.312. The molecule has 0 bridgehead atoms. The van der Waals surface area contributed by atoms with Crippen LogP contribution in [-0.4, -0.2) is 21.4 Å². The largest absolute Gasteiger partial charge is 0.344 e. The number of hydrogen-bond donors (Lipinski definition) is 2. The zero-order chi connectivity index (χ0) is 18.4. The zero-order valence-electron chi connectivity index (χ0n) is 14.2. The van der Waals surface area contributed by atoms with Crippen molar-refractivity contribution in [3.8, 4) is 0 Å². The number of amides is 2. The molecular weight excluding hydrogens is 348 g/mol. The molecule has 0 aliphatic heterocycles. The van der Waals surface area contributed by atoms with E-state index in [1.165, 1.54) is 11.8 Å². The van der Waals surface area contributed by atoms with Gasteiger partial charge in [-0.15, -0.1) is 0 Å². The topological polar surface area (TPSA) is 76.0 Å². The Kier molecular flexibility index (Phi) is 5.70. The Bertz CT molecular complexity index is 891. The van der Waals surface area contributed by atoms with Crippen LogP contribution in [-0.2, 0) is 23.2 Å². The maximum Gasteiger partial charge on any atom is 0.313 e. The summed E-state index contributed by atoms with van der Waals surface area (Å²) in [5, 5.41) is 6.07. The minimum atomic E-state index is -0.689. The van der Waals surface area contributed by atoms with E-state index in [2.05, 4.69) is 15.6 Å². The SMILES string of the molecule is Cn1ccnc1Sc1ccc(NC(=O)C(=O)NCc2ccccc2)cc1. The minimum Gasteiger partial charge on any atom is -0.344 e. The van der Waals surface area contributed by atoms with Crippen molar-refractivity contribution in [2.24, 2.45) is 7.05 Å². The van der Waals surface area contributed by atoms with E-state index < -0.39 is 11.8 Å². The molecule has 7 heteroatoms. The summed E-state index contributed by atoms with van der Waals surface area (Å²) in [7, 11) is 1.93. The fourth-order valence-corrected chi connectivity index (χ4v) is 3.01. The monoisotopic (exact) mass is 366 g/mol. The van der Waals surface area contributed by atoms with Crippen LogP contribution in [0, 0.1) is 0 Å². The third-order valence-corrected chi connectivity index (χ3v) is 4.68. The van der Waals surface area contributed by atoms with Gasteiger partial charge in [0.25, 0.3) is 0 Å². The van der Waals surface area contributed by atoms with E-state index in [1.54, 1.807) is 18.3 Å². The van der Waals surface area contributed by atoms with Gasteiger partial charge in [0, 0.05) is 36.6 Å². The molecule has 0 saturated carbocycles. The van der Waals surface area contributed by atoms with Gasteiger partial charge >= 0.3 is 11.8 Å².